The maximum Gasteiger partial charge on any atom is 0.351 e. The molecular formula is C24H28N2O5. The number of aliphatic hydroxyl groups excluding tert-OH is 1. The van der Waals surface area contributed by atoms with E-state index >= 15 is 0 Å². The maximum atomic E-state index is 12.5. The van der Waals surface area contributed by atoms with Gasteiger partial charge in [0.15, 0.2) is 0 Å². The van der Waals surface area contributed by atoms with Gasteiger partial charge in [0.2, 0.25) is 5.88 Å². The minimum Gasteiger partial charge on any atom is -0.475 e. The summed E-state index contributed by atoms with van der Waals surface area (Å²) in [5.74, 6) is 6.29. The van der Waals surface area contributed by atoms with Crippen molar-refractivity contribution in [3.63, 3.8) is 0 Å². The highest BCUT2D eigenvalue weighted by Crippen LogP contribution is 2.30. The second-order valence-electron chi connectivity index (χ2n) is 8.95. The van der Waals surface area contributed by atoms with Crippen LogP contribution >= 0.6 is 0 Å². The van der Waals surface area contributed by atoms with E-state index in [2.05, 4.69) is 16.8 Å². The van der Waals surface area contributed by atoms with Gasteiger partial charge in [-0.15, -0.1) is 0 Å². The summed E-state index contributed by atoms with van der Waals surface area (Å²) >= 11 is 0. The molecule has 2 aliphatic heterocycles. The third kappa shape index (κ3) is 4.99. The molecule has 0 radical (unpaired) electrons. The smallest absolute Gasteiger partial charge is 0.351 e. The van der Waals surface area contributed by atoms with Crippen LogP contribution in [0.3, 0.4) is 0 Å². The molecule has 2 aromatic rings. The van der Waals surface area contributed by atoms with Crippen molar-refractivity contribution in [2.45, 2.75) is 45.9 Å². The van der Waals surface area contributed by atoms with E-state index in [1.807, 2.05) is 39.0 Å². The summed E-state index contributed by atoms with van der Waals surface area (Å²) in [5.41, 5.74) is 3.09. The number of aliphatic hydroxyl groups is 1. The lowest BCUT2D eigenvalue weighted by atomic mass is 9.89. The average molecular weight is 424 g/mol. The summed E-state index contributed by atoms with van der Waals surface area (Å²) < 4.78 is 18.4. The van der Waals surface area contributed by atoms with Gasteiger partial charge in [0.05, 0.1) is 25.5 Å². The van der Waals surface area contributed by atoms with Gasteiger partial charge in [-0.25, -0.2) is 4.79 Å². The fraction of sp³-hybridized carbons (Fsp3) is 0.500. The first kappa shape index (κ1) is 21.6. The predicted octanol–water partition coefficient (Wildman–Crippen LogP) is 2.02. The summed E-state index contributed by atoms with van der Waals surface area (Å²) in [7, 11) is 0. The molecule has 2 aliphatic rings. The highest BCUT2D eigenvalue weighted by molar-refractivity contribution is 5.68. The molecule has 164 valence electrons. The molecule has 1 fully saturated rings. The minimum absolute atomic E-state index is 0.161. The van der Waals surface area contributed by atoms with Gasteiger partial charge in [-0.1, -0.05) is 38.7 Å². The zero-order valence-electron chi connectivity index (χ0n) is 18.2. The summed E-state index contributed by atoms with van der Waals surface area (Å²) in [6.07, 6.45) is -0.146. The van der Waals surface area contributed by atoms with Crippen LogP contribution in [0.5, 0.6) is 5.88 Å². The van der Waals surface area contributed by atoms with E-state index in [9.17, 15) is 9.90 Å². The Morgan fingerprint density at radius 1 is 1.32 bits per heavy atom. The Bertz CT molecular complexity index is 1070. The Labute approximate surface area is 182 Å². The fourth-order valence-electron chi connectivity index (χ4n) is 3.54. The van der Waals surface area contributed by atoms with Gasteiger partial charge in [-0.05, 0) is 29.5 Å². The van der Waals surface area contributed by atoms with Crippen molar-refractivity contribution in [2.24, 2.45) is 5.41 Å². The predicted molar refractivity (Wildman–Crippen MR) is 116 cm³/mol. The van der Waals surface area contributed by atoms with Gasteiger partial charge >= 0.3 is 5.69 Å². The zero-order valence-corrected chi connectivity index (χ0v) is 18.2. The topological polar surface area (TPSA) is 82.8 Å². The van der Waals surface area contributed by atoms with Gasteiger partial charge in [0, 0.05) is 23.7 Å². The van der Waals surface area contributed by atoms with Crippen molar-refractivity contribution < 1.29 is 19.3 Å². The lowest BCUT2D eigenvalue weighted by Gasteiger charge is -2.24. The molecule has 2 atom stereocenters. The van der Waals surface area contributed by atoms with Crippen molar-refractivity contribution >= 4 is 0 Å². The SMILES string of the molecule is CC(C)(C)C(O)C#Cc1ccc2c(c1)CCn1c-2cc(OC[C@@H]2COCCO2)nc1=O. The van der Waals surface area contributed by atoms with E-state index in [0.717, 1.165) is 22.4 Å². The maximum absolute atomic E-state index is 12.5. The van der Waals surface area contributed by atoms with Crippen LogP contribution in [0.4, 0.5) is 0 Å². The number of hydrogen-bond donors (Lipinski definition) is 1. The molecule has 1 aromatic heterocycles. The lowest BCUT2D eigenvalue weighted by molar-refractivity contribution is -0.102. The molecule has 1 unspecified atom stereocenters. The van der Waals surface area contributed by atoms with Crippen LogP contribution in [-0.4, -0.2) is 53.3 Å². The molecule has 7 heteroatoms. The van der Waals surface area contributed by atoms with Crippen molar-refractivity contribution in [2.75, 3.05) is 26.4 Å². The molecule has 1 N–H and O–H groups in total. The summed E-state index contributed by atoms with van der Waals surface area (Å²) in [4.78, 5) is 16.6. The standard InChI is InChI=1S/C24H28N2O5/c1-24(2,3)21(27)7-5-16-4-6-19-17(12-16)8-9-26-20(19)13-22(25-23(26)28)31-15-18-14-29-10-11-30-18/h4,6,12-13,18,21,27H,8-11,14-15H2,1-3H3/t18-,21?/m0/s1. The molecule has 3 heterocycles. The van der Waals surface area contributed by atoms with E-state index < -0.39 is 6.10 Å². The fourth-order valence-corrected chi connectivity index (χ4v) is 3.54. The van der Waals surface area contributed by atoms with Crippen LogP contribution in [0, 0.1) is 17.3 Å². The molecule has 4 rings (SSSR count). The Balaban J connectivity index is 1.57. The van der Waals surface area contributed by atoms with Crippen LogP contribution < -0.4 is 10.4 Å². The van der Waals surface area contributed by atoms with Crippen molar-refractivity contribution in [1.82, 2.24) is 9.55 Å². The van der Waals surface area contributed by atoms with E-state index in [0.29, 0.717) is 32.8 Å². The second kappa shape index (κ2) is 8.83. The molecule has 0 bridgehead atoms. The largest absolute Gasteiger partial charge is 0.475 e. The first-order valence-corrected chi connectivity index (χ1v) is 10.6. The molecular weight excluding hydrogens is 396 g/mol. The van der Waals surface area contributed by atoms with Crippen molar-refractivity contribution in [1.29, 1.82) is 0 Å². The highest BCUT2D eigenvalue weighted by atomic mass is 16.6. The number of nitrogens with zero attached hydrogens (tertiary/aromatic N) is 2. The number of fused-ring (bicyclic) bond motifs is 3. The van der Waals surface area contributed by atoms with Gasteiger partial charge < -0.3 is 19.3 Å². The van der Waals surface area contributed by atoms with E-state index in [4.69, 9.17) is 14.2 Å². The monoisotopic (exact) mass is 424 g/mol. The van der Waals surface area contributed by atoms with Crippen LogP contribution in [0.1, 0.15) is 31.9 Å². The van der Waals surface area contributed by atoms with Gasteiger partial charge in [0.1, 0.15) is 18.8 Å². The van der Waals surface area contributed by atoms with Crippen molar-refractivity contribution in [3.05, 3.63) is 45.9 Å². The van der Waals surface area contributed by atoms with E-state index in [-0.39, 0.29) is 29.7 Å². The van der Waals surface area contributed by atoms with Crippen LogP contribution in [0.15, 0.2) is 29.1 Å². The number of rotatable bonds is 3. The number of aromatic nitrogens is 2. The molecule has 1 aromatic carbocycles. The van der Waals surface area contributed by atoms with Crippen LogP contribution in [0.25, 0.3) is 11.3 Å². The summed E-state index contributed by atoms with van der Waals surface area (Å²) in [6, 6.07) is 7.71. The first-order chi connectivity index (χ1) is 14.8. The Morgan fingerprint density at radius 2 is 2.16 bits per heavy atom. The lowest BCUT2D eigenvalue weighted by Crippen LogP contribution is -2.34. The molecule has 0 saturated carbocycles. The van der Waals surface area contributed by atoms with Crippen molar-refractivity contribution in [3.8, 4) is 29.0 Å². The second-order valence-corrected chi connectivity index (χ2v) is 8.95. The quantitative estimate of drug-likeness (QED) is 0.759. The number of ether oxygens (including phenoxy) is 3. The molecule has 31 heavy (non-hydrogen) atoms. The molecule has 0 amide bonds. The van der Waals surface area contributed by atoms with Gasteiger partial charge in [-0.2, -0.15) is 4.98 Å². The molecule has 0 aliphatic carbocycles. The Hall–Kier alpha value is -2.66. The normalized spacial score (nSPS) is 18.9. The number of aryl methyl sites for hydroxylation is 1. The van der Waals surface area contributed by atoms with E-state index in [1.165, 1.54) is 0 Å². The summed E-state index contributed by atoms with van der Waals surface area (Å²) in [6.45, 7) is 8.30. The molecule has 1 saturated heterocycles. The average Bonchev–Trinajstić information content (AvgIpc) is 2.75. The van der Waals surface area contributed by atoms with Gasteiger partial charge in [0.25, 0.3) is 0 Å². The highest BCUT2D eigenvalue weighted by Gasteiger charge is 2.22. The molecule has 0 spiro atoms. The Morgan fingerprint density at radius 3 is 2.90 bits per heavy atom. The third-order valence-electron chi connectivity index (χ3n) is 5.45. The van der Waals surface area contributed by atoms with Crippen LogP contribution in [0.2, 0.25) is 0 Å². The number of benzene rings is 1. The van der Waals surface area contributed by atoms with E-state index in [1.54, 1.807) is 10.6 Å². The van der Waals surface area contributed by atoms with Gasteiger partial charge in [-0.3, -0.25) is 4.57 Å². The first-order valence-electron chi connectivity index (χ1n) is 10.6. The minimum atomic E-state index is -0.702. The number of hydrogen-bond acceptors (Lipinski definition) is 6. The third-order valence-corrected chi connectivity index (χ3v) is 5.45. The Kier molecular flexibility index (Phi) is 6.15. The van der Waals surface area contributed by atoms with Crippen LogP contribution in [-0.2, 0) is 22.4 Å². The summed E-state index contributed by atoms with van der Waals surface area (Å²) in [5, 5.41) is 10.2. The zero-order chi connectivity index (χ0) is 22.0. The molecule has 7 nitrogen and oxygen atoms in total.